The van der Waals surface area contributed by atoms with Crippen molar-refractivity contribution in [3.05, 3.63) is 42.1 Å². The second-order valence-electron chi connectivity index (χ2n) is 8.05. The minimum atomic E-state index is -0.186. The SMILES string of the molecule is O=C(c1cc(-c2ccc(O)cc2)nc2[nH]ncc12)N1CCOC2(CCCCC2)C1. The fraction of sp³-hybridized carbons (Fsp3) is 0.409. The summed E-state index contributed by atoms with van der Waals surface area (Å²) >= 11 is 0. The first kappa shape index (κ1) is 18.1. The van der Waals surface area contributed by atoms with Crippen molar-refractivity contribution in [3.63, 3.8) is 0 Å². The van der Waals surface area contributed by atoms with E-state index in [-0.39, 0.29) is 17.3 Å². The number of hydrogen-bond donors (Lipinski definition) is 2. The minimum Gasteiger partial charge on any atom is -0.508 e. The van der Waals surface area contributed by atoms with Crippen molar-refractivity contribution in [1.82, 2.24) is 20.1 Å². The van der Waals surface area contributed by atoms with Gasteiger partial charge in [-0.1, -0.05) is 19.3 Å². The number of nitrogens with zero attached hydrogens (tertiary/aromatic N) is 3. The Labute approximate surface area is 168 Å². The first-order valence-corrected chi connectivity index (χ1v) is 10.2. The van der Waals surface area contributed by atoms with Gasteiger partial charge in [-0.25, -0.2) is 4.98 Å². The zero-order valence-electron chi connectivity index (χ0n) is 16.2. The number of aromatic amines is 1. The van der Waals surface area contributed by atoms with E-state index < -0.39 is 0 Å². The molecular weight excluding hydrogens is 368 g/mol. The Hall–Kier alpha value is -2.93. The molecule has 0 atom stereocenters. The Morgan fingerprint density at radius 3 is 2.76 bits per heavy atom. The van der Waals surface area contributed by atoms with Gasteiger partial charge in [0.1, 0.15) is 5.75 Å². The molecule has 5 rings (SSSR count). The van der Waals surface area contributed by atoms with Crippen LogP contribution in [0.1, 0.15) is 42.5 Å². The van der Waals surface area contributed by atoms with E-state index in [0.717, 1.165) is 36.6 Å². The highest BCUT2D eigenvalue weighted by molar-refractivity contribution is 6.06. The molecule has 1 amide bonds. The highest BCUT2D eigenvalue weighted by Crippen LogP contribution is 2.35. The van der Waals surface area contributed by atoms with Crippen molar-refractivity contribution in [1.29, 1.82) is 0 Å². The molecule has 0 radical (unpaired) electrons. The third kappa shape index (κ3) is 3.35. The normalized spacial score (nSPS) is 19.0. The average Bonchev–Trinajstić information content (AvgIpc) is 3.22. The standard InChI is InChI=1S/C22H24N4O3/c27-16-6-4-15(5-7-16)19-12-17(18-13-23-25-20(18)24-19)21(28)26-10-11-29-22(14-26)8-2-1-3-9-22/h4-7,12-13,27H,1-3,8-11,14H2,(H,23,24,25). The van der Waals surface area contributed by atoms with Gasteiger partial charge < -0.3 is 14.7 Å². The lowest BCUT2D eigenvalue weighted by Gasteiger charge is -2.45. The molecule has 2 N–H and O–H groups in total. The number of pyridine rings is 1. The van der Waals surface area contributed by atoms with Crippen LogP contribution in [0.2, 0.25) is 0 Å². The maximum absolute atomic E-state index is 13.5. The second-order valence-corrected chi connectivity index (χ2v) is 8.05. The van der Waals surface area contributed by atoms with Gasteiger partial charge >= 0.3 is 0 Å². The van der Waals surface area contributed by atoms with Crippen molar-refractivity contribution in [2.24, 2.45) is 0 Å². The summed E-state index contributed by atoms with van der Waals surface area (Å²) < 4.78 is 6.15. The van der Waals surface area contributed by atoms with Crippen LogP contribution in [0.3, 0.4) is 0 Å². The van der Waals surface area contributed by atoms with E-state index >= 15 is 0 Å². The number of ether oxygens (including phenoxy) is 1. The molecule has 3 aromatic rings. The molecule has 2 aromatic heterocycles. The van der Waals surface area contributed by atoms with E-state index in [1.54, 1.807) is 30.5 Å². The highest BCUT2D eigenvalue weighted by Gasteiger charge is 2.39. The molecule has 1 aliphatic carbocycles. The third-order valence-corrected chi connectivity index (χ3v) is 6.12. The van der Waals surface area contributed by atoms with Crippen LogP contribution in [0.5, 0.6) is 5.75 Å². The van der Waals surface area contributed by atoms with Gasteiger partial charge in [0.05, 0.1) is 41.6 Å². The molecule has 0 unspecified atom stereocenters. The number of amides is 1. The number of carbonyl (C=O) groups is 1. The Balaban J connectivity index is 1.51. The van der Waals surface area contributed by atoms with Crippen LogP contribution < -0.4 is 0 Å². The van der Waals surface area contributed by atoms with Gasteiger partial charge in [-0.15, -0.1) is 0 Å². The van der Waals surface area contributed by atoms with Crippen LogP contribution in [0.4, 0.5) is 0 Å². The van der Waals surface area contributed by atoms with Gasteiger partial charge in [0.2, 0.25) is 0 Å². The lowest BCUT2D eigenvalue weighted by Crippen LogP contribution is -2.54. The van der Waals surface area contributed by atoms with Gasteiger partial charge in [-0.3, -0.25) is 9.89 Å². The molecule has 1 spiro atoms. The number of hydrogen-bond acceptors (Lipinski definition) is 5. The molecule has 2 fully saturated rings. The summed E-state index contributed by atoms with van der Waals surface area (Å²) in [5.74, 6) is 0.186. The molecule has 7 heteroatoms. The van der Waals surface area contributed by atoms with Gasteiger partial charge in [-0.2, -0.15) is 5.10 Å². The number of phenols is 1. The lowest BCUT2D eigenvalue weighted by molar-refractivity contribution is -0.117. The molecule has 0 bridgehead atoms. The van der Waals surface area contributed by atoms with E-state index in [0.29, 0.717) is 36.6 Å². The quantitative estimate of drug-likeness (QED) is 0.696. The summed E-state index contributed by atoms with van der Waals surface area (Å²) in [6, 6.07) is 8.64. The molecule has 1 aliphatic heterocycles. The Morgan fingerprint density at radius 1 is 1.17 bits per heavy atom. The second kappa shape index (κ2) is 7.15. The third-order valence-electron chi connectivity index (χ3n) is 6.12. The molecule has 3 heterocycles. The fourth-order valence-electron chi connectivity index (χ4n) is 4.57. The first-order chi connectivity index (χ1) is 14.1. The number of benzene rings is 1. The van der Waals surface area contributed by atoms with E-state index in [1.807, 2.05) is 11.0 Å². The predicted octanol–water partition coefficient (Wildman–Crippen LogP) is 3.51. The van der Waals surface area contributed by atoms with Crippen LogP contribution in [-0.2, 0) is 4.74 Å². The van der Waals surface area contributed by atoms with E-state index in [4.69, 9.17) is 4.74 Å². The molecule has 150 valence electrons. The number of aromatic nitrogens is 3. The number of rotatable bonds is 2. The summed E-state index contributed by atoms with van der Waals surface area (Å²) in [6.45, 7) is 1.81. The predicted molar refractivity (Wildman–Crippen MR) is 109 cm³/mol. The highest BCUT2D eigenvalue weighted by atomic mass is 16.5. The molecule has 1 saturated heterocycles. The number of nitrogens with one attached hydrogen (secondary N) is 1. The van der Waals surface area contributed by atoms with Crippen LogP contribution in [0, 0.1) is 0 Å². The molecule has 1 aromatic carbocycles. The Kier molecular flexibility index (Phi) is 4.47. The largest absolute Gasteiger partial charge is 0.508 e. The topological polar surface area (TPSA) is 91.3 Å². The smallest absolute Gasteiger partial charge is 0.254 e. The fourth-order valence-corrected chi connectivity index (χ4v) is 4.57. The van der Waals surface area contributed by atoms with Crippen LogP contribution in [0.15, 0.2) is 36.5 Å². The average molecular weight is 392 g/mol. The van der Waals surface area contributed by atoms with E-state index in [2.05, 4.69) is 15.2 Å². The molecule has 1 saturated carbocycles. The molecule has 2 aliphatic rings. The summed E-state index contributed by atoms with van der Waals surface area (Å²) in [7, 11) is 0. The molecule has 7 nitrogen and oxygen atoms in total. The number of aromatic hydroxyl groups is 1. The lowest BCUT2D eigenvalue weighted by atomic mass is 9.83. The number of carbonyl (C=O) groups excluding carboxylic acids is 1. The van der Waals surface area contributed by atoms with Gasteiger partial charge in [0.25, 0.3) is 5.91 Å². The van der Waals surface area contributed by atoms with Crippen molar-refractivity contribution >= 4 is 16.9 Å². The first-order valence-electron chi connectivity index (χ1n) is 10.2. The van der Waals surface area contributed by atoms with Crippen LogP contribution in [0.25, 0.3) is 22.3 Å². The zero-order valence-corrected chi connectivity index (χ0v) is 16.2. The van der Waals surface area contributed by atoms with Gasteiger partial charge in [0, 0.05) is 12.1 Å². The van der Waals surface area contributed by atoms with Gasteiger partial charge in [0.15, 0.2) is 5.65 Å². The Morgan fingerprint density at radius 2 is 1.97 bits per heavy atom. The molecule has 29 heavy (non-hydrogen) atoms. The maximum atomic E-state index is 13.5. The summed E-state index contributed by atoms with van der Waals surface area (Å²) in [6.07, 6.45) is 7.27. The van der Waals surface area contributed by atoms with Crippen molar-refractivity contribution in [3.8, 4) is 17.0 Å². The van der Waals surface area contributed by atoms with E-state index in [1.165, 1.54) is 6.42 Å². The monoisotopic (exact) mass is 392 g/mol. The summed E-state index contributed by atoms with van der Waals surface area (Å²) in [5.41, 5.74) is 2.50. The van der Waals surface area contributed by atoms with Gasteiger partial charge in [-0.05, 0) is 43.2 Å². The summed E-state index contributed by atoms with van der Waals surface area (Å²) in [5, 5.41) is 17.3. The minimum absolute atomic E-state index is 0.00734. The van der Waals surface area contributed by atoms with Crippen molar-refractivity contribution < 1.29 is 14.6 Å². The van der Waals surface area contributed by atoms with Crippen LogP contribution in [-0.4, -0.2) is 56.4 Å². The number of phenolic OH excluding ortho intramolecular Hbond substituents is 1. The number of morpholine rings is 1. The number of H-pyrrole nitrogens is 1. The Bertz CT molecular complexity index is 1030. The zero-order chi connectivity index (χ0) is 19.8. The van der Waals surface area contributed by atoms with Crippen molar-refractivity contribution in [2.75, 3.05) is 19.7 Å². The van der Waals surface area contributed by atoms with Crippen LogP contribution >= 0.6 is 0 Å². The molecular formula is C22H24N4O3. The van der Waals surface area contributed by atoms with Crippen molar-refractivity contribution in [2.45, 2.75) is 37.7 Å². The van der Waals surface area contributed by atoms with E-state index in [9.17, 15) is 9.90 Å². The summed E-state index contributed by atoms with van der Waals surface area (Å²) in [4.78, 5) is 20.1. The number of fused-ring (bicyclic) bond motifs is 1. The maximum Gasteiger partial charge on any atom is 0.254 e.